The Labute approximate surface area is 119 Å². The van der Waals surface area contributed by atoms with Crippen LogP contribution in [0, 0.1) is 19.3 Å². The lowest BCUT2D eigenvalue weighted by atomic mass is 9.79. The van der Waals surface area contributed by atoms with Crippen molar-refractivity contribution in [3.8, 4) is 0 Å². The molecule has 20 heavy (non-hydrogen) atoms. The van der Waals surface area contributed by atoms with Crippen molar-refractivity contribution in [1.82, 2.24) is 14.9 Å². The van der Waals surface area contributed by atoms with Gasteiger partial charge >= 0.3 is 0 Å². The first-order valence-corrected chi connectivity index (χ1v) is 7.23. The first-order chi connectivity index (χ1) is 9.56. The molecule has 1 unspecified atom stereocenters. The van der Waals surface area contributed by atoms with Gasteiger partial charge in [-0.15, -0.1) is 0 Å². The number of nitrogens with zero attached hydrogens (tertiary/aromatic N) is 3. The Bertz CT molecular complexity index is 504. The predicted octanol–water partition coefficient (Wildman–Crippen LogP) is 1.62. The van der Waals surface area contributed by atoms with E-state index in [-0.39, 0.29) is 11.3 Å². The molecule has 0 saturated carbocycles. The summed E-state index contributed by atoms with van der Waals surface area (Å²) in [5.74, 6) is 0.956. The smallest absolute Gasteiger partial charge is 0.223 e. The largest absolute Gasteiger partial charge is 0.381 e. The van der Waals surface area contributed by atoms with Crippen molar-refractivity contribution in [2.45, 2.75) is 39.7 Å². The molecule has 0 radical (unpaired) electrons. The zero-order valence-electron chi connectivity index (χ0n) is 12.2. The van der Waals surface area contributed by atoms with Crippen molar-refractivity contribution < 1.29 is 9.53 Å². The van der Waals surface area contributed by atoms with Gasteiger partial charge in [0.25, 0.3) is 0 Å². The van der Waals surface area contributed by atoms with Gasteiger partial charge in [-0.05, 0) is 32.8 Å². The monoisotopic (exact) mass is 275 g/mol. The molecule has 5 nitrogen and oxygen atoms in total. The number of aryl methyl sites for hydroxylation is 2. The highest BCUT2D eigenvalue weighted by Gasteiger charge is 2.41. The van der Waals surface area contributed by atoms with Crippen LogP contribution in [-0.4, -0.2) is 40.5 Å². The minimum Gasteiger partial charge on any atom is -0.381 e. The van der Waals surface area contributed by atoms with Crippen LogP contribution in [-0.2, 0) is 16.1 Å². The van der Waals surface area contributed by atoms with Gasteiger partial charge in [0.2, 0.25) is 5.91 Å². The third-order valence-corrected chi connectivity index (χ3v) is 4.29. The summed E-state index contributed by atoms with van der Waals surface area (Å²) in [6, 6.07) is 1.95. The molecule has 0 bridgehead atoms. The van der Waals surface area contributed by atoms with Crippen molar-refractivity contribution in [2.75, 3.05) is 19.8 Å². The van der Waals surface area contributed by atoms with Crippen LogP contribution in [0.4, 0.5) is 0 Å². The third-order valence-electron chi connectivity index (χ3n) is 4.29. The highest BCUT2D eigenvalue weighted by molar-refractivity contribution is 5.77. The van der Waals surface area contributed by atoms with E-state index in [0.29, 0.717) is 13.0 Å². The predicted molar refractivity (Wildman–Crippen MR) is 74.0 cm³/mol. The Hall–Kier alpha value is -1.49. The summed E-state index contributed by atoms with van der Waals surface area (Å²) in [5.41, 5.74) is 2.08. The van der Waals surface area contributed by atoms with Gasteiger partial charge in [-0.2, -0.15) is 0 Å². The molecule has 0 aliphatic carbocycles. The first-order valence-electron chi connectivity index (χ1n) is 7.23. The second-order valence-corrected chi connectivity index (χ2v) is 6.12. The van der Waals surface area contributed by atoms with Crippen LogP contribution in [0.2, 0.25) is 0 Å². The quantitative estimate of drug-likeness (QED) is 0.823. The number of carbonyl (C=O) groups is 1. The highest BCUT2D eigenvalue weighted by Crippen LogP contribution is 2.38. The molecule has 2 saturated heterocycles. The maximum absolute atomic E-state index is 12.1. The molecule has 1 spiro atoms. The average molecular weight is 275 g/mol. The van der Waals surface area contributed by atoms with Crippen LogP contribution < -0.4 is 0 Å². The molecule has 2 fully saturated rings. The fraction of sp³-hybridized carbons (Fsp3) is 0.667. The lowest BCUT2D eigenvalue weighted by Crippen LogP contribution is -2.46. The molecule has 1 aromatic rings. The number of hydrogen-bond donors (Lipinski definition) is 0. The van der Waals surface area contributed by atoms with Crippen molar-refractivity contribution >= 4 is 5.91 Å². The fourth-order valence-electron chi connectivity index (χ4n) is 3.26. The van der Waals surface area contributed by atoms with Crippen molar-refractivity contribution in [1.29, 1.82) is 0 Å². The normalized spacial score (nSPS) is 26.5. The molecule has 2 aliphatic heterocycles. The molecule has 5 heteroatoms. The summed E-state index contributed by atoms with van der Waals surface area (Å²) in [6.07, 6.45) is 2.63. The molecule has 108 valence electrons. The van der Waals surface area contributed by atoms with Crippen LogP contribution >= 0.6 is 0 Å². The Morgan fingerprint density at radius 2 is 2.05 bits per heavy atom. The lowest BCUT2D eigenvalue weighted by Gasteiger charge is -2.38. The van der Waals surface area contributed by atoms with Gasteiger partial charge in [-0.3, -0.25) is 4.79 Å². The van der Waals surface area contributed by atoms with Gasteiger partial charge in [0.05, 0.1) is 13.2 Å². The molecule has 3 heterocycles. The Morgan fingerprint density at radius 1 is 1.30 bits per heavy atom. The van der Waals surface area contributed by atoms with Crippen LogP contribution in [0.15, 0.2) is 6.07 Å². The van der Waals surface area contributed by atoms with Crippen molar-refractivity contribution in [2.24, 2.45) is 5.41 Å². The van der Waals surface area contributed by atoms with E-state index in [1.54, 1.807) is 0 Å². The topological polar surface area (TPSA) is 55.3 Å². The number of piperidine rings is 1. The number of rotatable bonds is 2. The molecule has 0 aromatic carbocycles. The number of likely N-dealkylation sites (tertiary alicyclic amines) is 1. The summed E-state index contributed by atoms with van der Waals surface area (Å²) < 4.78 is 5.54. The van der Waals surface area contributed by atoms with E-state index < -0.39 is 0 Å². The van der Waals surface area contributed by atoms with E-state index in [4.69, 9.17) is 4.74 Å². The average Bonchev–Trinajstić information content (AvgIpc) is 2.81. The minimum absolute atomic E-state index is 0.173. The first kappa shape index (κ1) is 13.5. The molecule has 0 N–H and O–H groups in total. The van der Waals surface area contributed by atoms with Gasteiger partial charge in [-0.1, -0.05) is 0 Å². The number of amides is 1. The molecular weight excluding hydrogens is 254 g/mol. The van der Waals surface area contributed by atoms with Gasteiger partial charge in [0, 0.05) is 36.4 Å². The van der Waals surface area contributed by atoms with Gasteiger partial charge in [0.1, 0.15) is 5.82 Å². The molecule has 3 rings (SSSR count). The van der Waals surface area contributed by atoms with E-state index in [1.807, 2.05) is 24.8 Å². The summed E-state index contributed by atoms with van der Waals surface area (Å²) in [6.45, 7) is 6.82. The van der Waals surface area contributed by atoms with Gasteiger partial charge in [0.15, 0.2) is 0 Å². The highest BCUT2D eigenvalue weighted by atomic mass is 16.5. The van der Waals surface area contributed by atoms with E-state index in [0.717, 1.165) is 49.8 Å². The van der Waals surface area contributed by atoms with E-state index in [9.17, 15) is 4.79 Å². The summed E-state index contributed by atoms with van der Waals surface area (Å²) in [4.78, 5) is 22.9. The summed E-state index contributed by atoms with van der Waals surface area (Å²) in [5, 5.41) is 0. The summed E-state index contributed by atoms with van der Waals surface area (Å²) >= 11 is 0. The summed E-state index contributed by atoms with van der Waals surface area (Å²) in [7, 11) is 0. The molecular formula is C15H21N3O2. The molecule has 1 atom stereocenters. The van der Waals surface area contributed by atoms with Crippen LogP contribution in [0.5, 0.6) is 0 Å². The zero-order valence-corrected chi connectivity index (χ0v) is 12.2. The van der Waals surface area contributed by atoms with E-state index in [1.165, 1.54) is 0 Å². The molecule has 2 aliphatic rings. The zero-order chi connectivity index (χ0) is 14.2. The van der Waals surface area contributed by atoms with Gasteiger partial charge < -0.3 is 9.64 Å². The fourth-order valence-corrected chi connectivity index (χ4v) is 3.26. The number of carbonyl (C=O) groups excluding carboxylic acids is 1. The number of aromatic nitrogens is 2. The Kier molecular flexibility index (Phi) is 3.46. The van der Waals surface area contributed by atoms with Crippen LogP contribution in [0.1, 0.15) is 36.5 Å². The number of ether oxygens (including phenoxy) is 1. The van der Waals surface area contributed by atoms with E-state index >= 15 is 0 Å². The van der Waals surface area contributed by atoms with Gasteiger partial charge in [-0.25, -0.2) is 9.97 Å². The van der Waals surface area contributed by atoms with Crippen molar-refractivity contribution in [3.05, 3.63) is 23.3 Å². The van der Waals surface area contributed by atoms with Crippen molar-refractivity contribution in [3.63, 3.8) is 0 Å². The minimum atomic E-state index is 0.173. The number of hydrogen-bond acceptors (Lipinski definition) is 4. The maximum Gasteiger partial charge on any atom is 0.223 e. The molecule has 1 aromatic heterocycles. The third kappa shape index (κ3) is 2.68. The second kappa shape index (κ2) is 5.13. The maximum atomic E-state index is 12.1. The Morgan fingerprint density at radius 3 is 2.70 bits per heavy atom. The molecule has 1 amide bonds. The van der Waals surface area contributed by atoms with Crippen LogP contribution in [0.3, 0.4) is 0 Å². The van der Waals surface area contributed by atoms with E-state index in [2.05, 4.69) is 9.97 Å². The second-order valence-electron chi connectivity index (χ2n) is 6.12. The SMILES string of the molecule is Cc1cc(C)nc(CN2CC3(CCOC3)CCC2=O)n1. The lowest BCUT2D eigenvalue weighted by molar-refractivity contribution is -0.138. The van der Waals surface area contributed by atoms with Crippen LogP contribution in [0.25, 0.3) is 0 Å². The standard InChI is InChI=1S/C15H21N3O2/c1-11-7-12(2)17-13(16-11)8-18-9-15(4-3-14(18)19)5-6-20-10-15/h7H,3-6,8-10H2,1-2H3. The Balaban J connectivity index is 1.76.